The molecule has 6 nitrogen and oxygen atoms in total. The number of nitrogens with zero attached hydrogens (tertiary/aromatic N) is 2. The van der Waals surface area contributed by atoms with Crippen molar-refractivity contribution < 1.29 is 19.7 Å². The average Bonchev–Trinajstić information content (AvgIpc) is 2.57. The number of benzene rings is 1. The number of ether oxygens (including phenoxy) is 2. The van der Waals surface area contributed by atoms with E-state index < -0.39 is 6.10 Å². The highest BCUT2D eigenvalue weighted by molar-refractivity contribution is 5.32. The zero-order chi connectivity index (χ0) is 16.5. The predicted octanol–water partition coefficient (Wildman–Crippen LogP) is 0.183. The van der Waals surface area contributed by atoms with Gasteiger partial charge in [0.15, 0.2) is 0 Å². The molecule has 1 aliphatic heterocycles. The van der Waals surface area contributed by atoms with E-state index in [2.05, 4.69) is 9.80 Å². The predicted molar refractivity (Wildman–Crippen MR) is 88.6 cm³/mol. The second kappa shape index (κ2) is 9.85. The first kappa shape index (κ1) is 18.2. The number of hydrogen-bond acceptors (Lipinski definition) is 6. The van der Waals surface area contributed by atoms with Crippen molar-refractivity contribution in [2.24, 2.45) is 0 Å². The Bertz CT molecular complexity index is 450. The lowest BCUT2D eigenvalue weighted by Gasteiger charge is -2.35. The lowest BCUT2D eigenvalue weighted by atomic mass is 10.2. The van der Waals surface area contributed by atoms with Gasteiger partial charge in [-0.1, -0.05) is 18.2 Å². The minimum Gasteiger partial charge on any atom is -0.496 e. The quantitative estimate of drug-likeness (QED) is 0.676. The largest absolute Gasteiger partial charge is 0.496 e. The van der Waals surface area contributed by atoms with E-state index in [1.807, 2.05) is 24.3 Å². The van der Waals surface area contributed by atoms with Crippen LogP contribution in [0.15, 0.2) is 24.3 Å². The molecule has 2 rings (SSSR count). The molecule has 6 heteroatoms. The summed E-state index contributed by atoms with van der Waals surface area (Å²) in [5.74, 6) is 0.807. The van der Waals surface area contributed by atoms with Crippen LogP contribution in [0.25, 0.3) is 0 Å². The van der Waals surface area contributed by atoms with Gasteiger partial charge < -0.3 is 19.7 Å². The molecule has 1 aromatic rings. The first-order valence-electron chi connectivity index (χ1n) is 8.16. The fraction of sp³-hybridized carbons (Fsp3) is 0.647. The molecule has 2 N–H and O–H groups in total. The van der Waals surface area contributed by atoms with Gasteiger partial charge in [0.1, 0.15) is 5.75 Å². The highest BCUT2D eigenvalue weighted by atomic mass is 16.5. The first-order valence-corrected chi connectivity index (χ1v) is 8.16. The Kier molecular flexibility index (Phi) is 7.78. The van der Waals surface area contributed by atoms with E-state index >= 15 is 0 Å². The zero-order valence-electron chi connectivity index (χ0n) is 13.9. The molecule has 1 aromatic carbocycles. The minimum atomic E-state index is -0.492. The Morgan fingerprint density at radius 3 is 2.52 bits per heavy atom. The van der Waals surface area contributed by atoms with Gasteiger partial charge in [0.2, 0.25) is 0 Å². The summed E-state index contributed by atoms with van der Waals surface area (Å²) < 4.78 is 10.9. The maximum atomic E-state index is 10.1. The lowest BCUT2D eigenvalue weighted by molar-refractivity contribution is 0.000134. The van der Waals surface area contributed by atoms with Gasteiger partial charge in [0.05, 0.1) is 33.0 Å². The molecule has 0 aliphatic carbocycles. The number of aliphatic hydroxyl groups is 2. The molecule has 0 amide bonds. The highest BCUT2D eigenvalue weighted by Gasteiger charge is 2.18. The Morgan fingerprint density at radius 1 is 1.13 bits per heavy atom. The van der Waals surface area contributed by atoms with Crippen LogP contribution in [-0.4, -0.2) is 85.7 Å². The van der Waals surface area contributed by atoms with Crippen molar-refractivity contribution >= 4 is 0 Å². The molecule has 1 saturated heterocycles. The van der Waals surface area contributed by atoms with Crippen LogP contribution in [0.5, 0.6) is 5.75 Å². The van der Waals surface area contributed by atoms with Crippen molar-refractivity contribution in [1.82, 2.24) is 9.80 Å². The van der Waals surface area contributed by atoms with Gasteiger partial charge in [-0.3, -0.25) is 9.80 Å². The van der Waals surface area contributed by atoms with Crippen molar-refractivity contribution in [1.29, 1.82) is 0 Å². The average molecular weight is 324 g/mol. The Labute approximate surface area is 138 Å². The molecule has 0 spiro atoms. The maximum absolute atomic E-state index is 10.1. The van der Waals surface area contributed by atoms with Crippen LogP contribution in [-0.2, 0) is 11.3 Å². The van der Waals surface area contributed by atoms with E-state index in [4.69, 9.17) is 14.6 Å². The first-order chi connectivity index (χ1) is 11.2. The molecule has 1 fully saturated rings. The van der Waals surface area contributed by atoms with Gasteiger partial charge in [-0.25, -0.2) is 0 Å². The molecule has 1 aliphatic rings. The SMILES string of the molecule is COc1ccccc1COC[C@@H](O)CN1CCN(CCO)CC1. The molecule has 0 radical (unpaired) electrons. The summed E-state index contributed by atoms with van der Waals surface area (Å²) in [6.45, 7) is 6.04. The number of β-amino-alcohol motifs (C(OH)–C–C–N with tert-alkyl or cyclic N) is 2. The van der Waals surface area contributed by atoms with Crippen molar-refractivity contribution in [2.75, 3.05) is 59.6 Å². The summed E-state index contributed by atoms with van der Waals surface area (Å²) in [6.07, 6.45) is -0.492. The number of para-hydroxylation sites is 1. The Balaban J connectivity index is 1.65. The monoisotopic (exact) mass is 324 g/mol. The molecular weight excluding hydrogens is 296 g/mol. The van der Waals surface area contributed by atoms with Crippen molar-refractivity contribution in [3.63, 3.8) is 0 Å². The number of rotatable bonds is 9. The van der Waals surface area contributed by atoms with E-state index in [0.29, 0.717) is 19.8 Å². The van der Waals surface area contributed by atoms with E-state index in [1.54, 1.807) is 7.11 Å². The molecule has 23 heavy (non-hydrogen) atoms. The summed E-state index contributed by atoms with van der Waals surface area (Å²) in [5.41, 5.74) is 0.986. The lowest BCUT2D eigenvalue weighted by Crippen LogP contribution is -2.49. The second-order valence-electron chi connectivity index (χ2n) is 5.85. The van der Waals surface area contributed by atoms with Crippen LogP contribution >= 0.6 is 0 Å². The van der Waals surface area contributed by atoms with Gasteiger partial charge >= 0.3 is 0 Å². The highest BCUT2D eigenvalue weighted by Crippen LogP contribution is 2.18. The van der Waals surface area contributed by atoms with Crippen LogP contribution in [0.3, 0.4) is 0 Å². The van der Waals surface area contributed by atoms with Crippen molar-refractivity contribution in [2.45, 2.75) is 12.7 Å². The zero-order valence-corrected chi connectivity index (χ0v) is 13.9. The van der Waals surface area contributed by atoms with Gasteiger partial charge in [0, 0.05) is 44.8 Å². The molecule has 1 heterocycles. The minimum absolute atomic E-state index is 0.208. The second-order valence-corrected chi connectivity index (χ2v) is 5.85. The summed E-state index contributed by atoms with van der Waals surface area (Å²) in [6, 6.07) is 7.74. The maximum Gasteiger partial charge on any atom is 0.124 e. The Hall–Kier alpha value is -1.18. The summed E-state index contributed by atoms with van der Waals surface area (Å²) in [7, 11) is 1.64. The standard InChI is InChI=1S/C17H28N2O4/c1-22-17-5-3-2-4-15(17)13-23-14-16(21)12-19-8-6-18(7-9-19)10-11-20/h2-5,16,20-21H,6-14H2,1H3/t16-/m0/s1. The van der Waals surface area contributed by atoms with Crippen LogP contribution in [0, 0.1) is 0 Å². The van der Waals surface area contributed by atoms with E-state index in [0.717, 1.165) is 44.0 Å². The van der Waals surface area contributed by atoms with Gasteiger partial charge in [-0.05, 0) is 6.07 Å². The smallest absolute Gasteiger partial charge is 0.124 e. The summed E-state index contributed by atoms with van der Waals surface area (Å²) in [5, 5.41) is 19.1. The Morgan fingerprint density at radius 2 is 1.83 bits per heavy atom. The fourth-order valence-electron chi connectivity index (χ4n) is 2.81. The number of piperazine rings is 1. The molecular formula is C17H28N2O4. The fourth-order valence-corrected chi connectivity index (χ4v) is 2.81. The summed E-state index contributed by atoms with van der Waals surface area (Å²) in [4.78, 5) is 4.48. The molecule has 130 valence electrons. The molecule has 0 saturated carbocycles. The third-order valence-corrected chi connectivity index (χ3v) is 4.11. The molecule has 0 aromatic heterocycles. The van der Waals surface area contributed by atoms with E-state index in [9.17, 15) is 5.11 Å². The van der Waals surface area contributed by atoms with Crippen molar-refractivity contribution in [3.8, 4) is 5.75 Å². The number of aliphatic hydroxyl groups excluding tert-OH is 2. The number of methoxy groups -OCH3 is 1. The van der Waals surface area contributed by atoms with Crippen LogP contribution in [0.1, 0.15) is 5.56 Å². The molecule has 0 bridgehead atoms. The summed E-state index contributed by atoms with van der Waals surface area (Å²) >= 11 is 0. The van der Waals surface area contributed by atoms with E-state index in [1.165, 1.54) is 0 Å². The topological polar surface area (TPSA) is 65.4 Å². The normalized spacial score (nSPS) is 18.0. The third-order valence-electron chi connectivity index (χ3n) is 4.11. The molecule has 0 unspecified atom stereocenters. The van der Waals surface area contributed by atoms with Crippen LogP contribution < -0.4 is 4.74 Å². The van der Waals surface area contributed by atoms with Gasteiger partial charge in [-0.15, -0.1) is 0 Å². The van der Waals surface area contributed by atoms with Crippen LogP contribution in [0.4, 0.5) is 0 Å². The van der Waals surface area contributed by atoms with Gasteiger partial charge in [0.25, 0.3) is 0 Å². The van der Waals surface area contributed by atoms with Crippen molar-refractivity contribution in [3.05, 3.63) is 29.8 Å². The molecule has 1 atom stereocenters. The van der Waals surface area contributed by atoms with Gasteiger partial charge in [-0.2, -0.15) is 0 Å². The van der Waals surface area contributed by atoms with E-state index in [-0.39, 0.29) is 6.61 Å². The third kappa shape index (κ3) is 6.08. The van der Waals surface area contributed by atoms with Crippen LogP contribution in [0.2, 0.25) is 0 Å². The number of hydrogen-bond donors (Lipinski definition) is 2.